The Bertz CT molecular complexity index is 770. The van der Waals surface area contributed by atoms with Crippen LogP contribution >= 0.6 is 0 Å². The molecule has 0 atom stereocenters. The standard InChI is InChI=1S/C20H25N3O3/c21-18(24)14-26-20(25)7-3-4-15-8-10-23(11-9-15)19-12-16-5-1-2-6-17(16)13-22-19/h1-2,5-6,12-13,15H,3-4,7-11,14H2,(H2,21,24). The van der Waals surface area contributed by atoms with Gasteiger partial charge in [-0.25, -0.2) is 4.98 Å². The number of hydrogen-bond donors (Lipinski definition) is 1. The average Bonchev–Trinajstić information content (AvgIpc) is 2.66. The van der Waals surface area contributed by atoms with E-state index in [9.17, 15) is 9.59 Å². The van der Waals surface area contributed by atoms with Crippen molar-refractivity contribution >= 4 is 28.5 Å². The quantitative estimate of drug-likeness (QED) is 0.772. The molecule has 0 radical (unpaired) electrons. The highest BCUT2D eigenvalue weighted by atomic mass is 16.5. The Labute approximate surface area is 153 Å². The third-order valence-corrected chi connectivity index (χ3v) is 4.92. The Morgan fingerprint density at radius 1 is 1.19 bits per heavy atom. The average molecular weight is 355 g/mol. The molecule has 1 fully saturated rings. The van der Waals surface area contributed by atoms with Crippen LogP contribution < -0.4 is 10.6 Å². The molecule has 0 saturated carbocycles. The Balaban J connectivity index is 1.42. The van der Waals surface area contributed by atoms with E-state index in [4.69, 9.17) is 10.5 Å². The summed E-state index contributed by atoms with van der Waals surface area (Å²) in [4.78, 5) is 29.0. The summed E-state index contributed by atoms with van der Waals surface area (Å²) in [5, 5.41) is 2.38. The van der Waals surface area contributed by atoms with Gasteiger partial charge in [-0.15, -0.1) is 0 Å². The zero-order valence-electron chi connectivity index (χ0n) is 14.9. The number of amides is 1. The van der Waals surface area contributed by atoms with Gasteiger partial charge in [0.1, 0.15) is 5.82 Å². The third-order valence-electron chi connectivity index (χ3n) is 4.92. The van der Waals surface area contributed by atoms with Crippen molar-refractivity contribution in [1.29, 1.82) is 0 Å². The van der Waals surface area contributed by atoms with Gasteiger partial charge in [0.05, 0.1) is 0 Å². The van der Waals surface area contributed by atoms with Crippen LogP contribution in [-0.4, -0.2) is 36.6 Å². The lowest BCUT2D eigenvalue weighted by molar-refractivity contribution is -0.147. The normalized spacial score (nSPS) is 15.2. The van der Waals surface area contributed by atoms with Gasteiger partial charge in [-0.3, -0.25) is 9.59 Å². The number of ether oxygens (including phenoxy) is 1. The van der Waals surface area contributed by atoms with E-state index in [0.29, 0.717) is 12.3 Å². The summed E-state index contributed by atoms with van der Waals surface area (Å²) in [6.07, 6.45) is 6.28. The Kier molecular flexibility index (Phi) is 6.04. The minimum absolute atomic E-state index is 0.323. The molecule has 2 heterocycles. The van der Waals surface area contributed by atoms with Gasteiger partial charge in [-0.05, 0) is 43.1 Å². The number of benzene rings is 1. The molecule has 0 aliphatic carbocycles. The van der Waals surface area contributed by atoms with E-state index < -0.39 is 5.91 Å². The zero-order valence-corrected chi connectivity index (χ0v) is 14.9. The lowest BCUT2D eigenvalue weighted by Gasteiger charge is -2.33. The molecule has 1 aliphatic heterocycles. The van der Waals surface area contributed by atoms with E-state index in [1.165, 1.54) is 5.39 Å². The molecule has 1 aromatic heterocycles. The maximum absolute atomic E-state index is 11.5. The summed E-state index contributed by atoms with van der Waals surface area (Å²) in [5.74, 6) is 0.697. The number of anilines is 1. The van der Waals surface area contributed by atoms with Crippen LogP contribution in [0, 0.1) is 5.92 Å². The first-order valence-corrected chi connectivity index (χ1v) is 9.15. The summed E-state index contributed by atoms with van der Waals surface area (Å²) in [7, 11) is 0. The van der Waals surface area contributed by atoms with E-state index in [2.05, 4.69) is 28.1 Å². The highest BCUT2D eigenvalue weighted by molar-refractivity contribution is 5.84. The maximum atomic E-state index is 11.5. The first kappa shape index (κ1) is 18.2. The Morgan fingerprint density at radius 2 is 1.92 bits per heavy atom. The third kappa shape index (κ3) is 4.94. The molecule has 0 unspecified atom stereocenters. The van der Waals surface area contributed by atoms with Gasteiger partial charge in [0, 0.05) is 31.1 Å². The van der Waals surface area contributed by atoms with Crippen molar-refractivity contribution in [1.82, 2.24) is 4.98 Å². The van der Waals surface area contributed by atoms with Gasteiger partial charge in [-0.2, -0.15) is 0 Å². The van der Waals surface area contributed by atoms with E-state index in [0.717, 1.165) is 50.0 Å². The largest absolute Gasteiger partial charge is 0.456 e. The molecule has 3 rings (SSSR count). The van der Waals surface area contributed by atoms with Crippen molar-refractivity contribution in [2.75, 3.05) is 24.6 Å². The lowest BCUT2D eigenvalue weighted by atomic mass is 9.91. The molecule has 2 N–H and O–H groups in total. The fraction of sp³-hybridized carbons (Fsp3) is 0.450. The monoisotopic (exact) mass is 355 g/mol. The lowest BCUT2D eigenvalue weighted by Crippen LogP contribution is -2.34. The van der Waals surface area contributed by atoms with Gasteiger partial charge in [-0.1, -0.05) is 24.3 Å². The number of nitrogens with two attached hydrogens (primary N) is 1. The number of pyridine rings is 1. The van der Waals surface area contributed by atoms with Crippen LogP contribution in [0.25, 0.3) is 10.8 Å². The van der Waals surface area contributed by atoms with Crippen LogP contribution in [0.1, 0.15) is 32.1 Å². The molecular weight excluding hydrogens is 330 g/mol. The minimum Gasteiger partial charge on any atom is -0.456 e. The number of aromatic nitrogens is 1. The van der Waals surface area contributed by atoms with Gasteiger partial charge in [0.2, 0.25) is 0 Å². The number of nitrogens with zero attached hydrogens (tertiary/aromatic N) is 2. The predicted molar refractivity (Wildman–Crippen MR) is 101 cm³/mol. The van der Waals surface area contributed by atoms with Crippen LogP contribution in [0.3, 0.4) is 0 Å². The highest BCUT2D eigenvalue weighted by Crippen LogP contribution is 2.27. The van der Waals surface area contributed by atoms with E-state index in [1.807, 2.05) is 18.3 Å². The van der Waals surface area contributed by atoms with Crippen molar-refractivity contribution in [2.45, 2.75) is 32.1 Å². The smallest absolute Gasteiger partial charge is 0.306 e. The number of carbonyl (C=O) groups excluding carboxylic acids is 2. The van der Waals surface area contributed by atoms with Crippen molar-refractivity contribution in [3.8, 4) is 0 Å². The molecule has 0 spiro atoms. The SMILES string of the molecule is NC(=O)COC(=O)CCCC1CCN(c2cc3ccccc3cn2)CC1. The summed E-state index contributed by atoms with van der Waals surface area (Å²) in [6.45, 7) is 1.65. The van der Waals surface area contributed by atoms with Crippen molar-refractivity contribution in [2.24, 2.45) is 11.7 Å². The molecule has 2 aromatic rings. The van der Waals surface area contributed by atoms with Crippen LogP contribution in [-0.2, 0) is 14.3 Å². The van der Waals surface area contributed by atoms with Gasteiger partial charge < -0.3 is 15.4 Å². The fourth-order valence-electron chi connectivity index (χ4n) is 3.45. The first-order valence-electron chi connectivity index (χ1n) is 9.15. The van der Waals surface area contributed by atoms with E-state index in [-0.39, 0.29) is 12.6 Å². The number of piperidine rings is 1. The molecule has 0 bridgehead atoms. The second kappa shape index (κ2) is 8.65. The zero-order chi connectivity index (χ0) is 18.4. The number of hydrogen-bond acceptors (Lipinski definition) is 5. The molecule has 6 nitrogen and oxygen atoms in total. The summed E-state index contributed by atoms with van der Waals surface area (Å²) < 4.78 is 4.77. The molecule has 1 amide bonds. The van der Waals surface area contributed by atoms with E-state index >= 15 is 0 Å². The van der Waals surface area contributed by atoms with Crippen LogP contribution in [0.5, 0.6) is 0 Å². The number of carbonyl (C=O) groups is 2. The minimum atomic E-state index is -0.618. The topological polar surface area (TPSA) is 85.5 Å². The molecule has 138 valence electrons. The maximum Gasteiger partial charge on any atom is 0.306 e. The van der Waals surface area contributed by atoms with E-state index in [1.54, 1.807) is 0 Å². The predicted octanol–water partition coefficient (Wildman–Crippen LogP) is 2.65. The van der Waals surface area contributed by atoms with Crippen LogP contribution in [0.15, 0.2) is 36.5 Å². The van der Waals surface area contributed by atoms with Gasteiger partial charge in [0.25, 0.3) is 5.91 Å². The van der Waals surface area contributed by atoms with Crippen LogP contribution in [0.4, 0.5) is 5.82 Å². The molecular formula is C20H25N3O3. The highest BCUT2D eigenvalue weighted by Gasteiger charge is 2.20. The fourth-order valence-corrected chi connectivity index (χ4v) is 3.45. The Morgan fingerprint density at radius 3 is 2.65 bits per heavy atom. The summed E-state index contributed by atoms with van der Waals surface area (Å²) in [5.41, 5.74) is 4.95. The van der Waals surface area contributed by atoms with Gasteiger partial charge >= 0.3 is 5.97 Å². The molecule has 1 aliphatic rings. The summed E-state index contributed by atoms with van der Waals surface area (Å²) >= 11 is 0. The number of rotatable bonds is 7. The molecule has 26 heavy (non-hydrogen) atoms. The van der Waals surface area contributed by atoms with Crippen LogP contribution in [0.2, 0.25) is 0 Å². The molecule has 1 aromatic carbocycles. The second-order valence-electron chi connectivity index (χ2n) is 6.84. The second-order valence-corrected chi connectivity index (χ2v) is 6.84. The number of fused-ring (bicyclic) bond motifs is 1. The molecule has 1 saturated heterocycles. The van der Waals surface area contributed by atoms with Gasteiger partial charge in [0.15, 0.2) is 6.61 Å². The van der Waals surface area contributed by atoms with Crippen molar-refractivity contribution in [3.05, 3.63) is 36.5 Å². The Hall–Kier alpha value is -2.63. The van der Waals surface area contributed by atoms with Crippen molar-refractivity contribution in [3.63, 3.8) is 0 Å². The first-order chi connectivity index (χ1) is 12.6. The van der Waals surface area contributed by atoms with Crippen molar-refractivity contribution < 1.29 is 14.3 Å². The number of primary amides is 1. The summed E-state index contributed by atoms with van der Waals surface area (Å²) in [6, 6.07) is 10.4. The number of esters is 1. The molecule has 6 heteroatoms.